The number of nitrogens with two attached hydrogens (primary N) is 1. The summed E-state index contributed by atoms with van der Waals surface area (Å²) >= 11 is 0. The molecule has 25 heavy (non-hydrogen) atoms. The van der Waals surface area contributed by atoms with Crippen molar-refractivity contribution in [1.29, 1.82) is 0 Å². The van der Waals surface area contributed by atoms with Gasteiger partial charge in [-0.3, -0.25) is 0 Å². The molecule has 0 bridgehead atoms. The zero-order valence-electron chi connectivity index (χ0n) is 14.6. The minimum Gasteiger partial charge on any atom is -0.225 e. The number of benzene rings is 3. The molecule has 4 heteroatoms. The van der Waals surface area contributed by atoms with Crippen LogP contribution in [-0.2, 0) is 10.0 Å². The van der Waals surface area contributed by atoms with Gasteiger partial charge in [-0.05, 0) is 60.2 Å². The molecular weight excluding hydrogens is 330 g/mol. The van der Waals surface area contributed by atoms with Gasteiger partial charge in [-0.2, -0.15) is 0 Å². The van der Waals surface area contributed by atoms with E-state index < -0.39 is 10.0 Å². The molecule has 0 aliphatic carbocycles. The Kier molecular flexibility index (Phi) is 4.50. The lowest BCUT2D eigenvalue weighted by Crippen LogP contribution is -2.13. The van der Waals surface area contributed by atoms with Crippen molar-refractivity contribution in [1.82, 2.24) is 0 Å². The van der Waals surface area contributed by atoms with Gasteiger partial charge in [0.25, 0.3) is 0 Å². The number of sulfonamides is 1. The minimum absolute atomic E-state index is 0.142. The van der Waals surface area contributed by atoms with Crippen molar-refractivity contribution < 1.29 is 8.42 Å². The van der Waals surface area contributed by atoms with Crippen LogP contribution in [0.3, 0.4) is 0 Å². The van der Waals surface area contributed by atoms with Crippen LogP contribution in [-0.4, -0.2) is 8.42 Å². The molecule has 0 aliphatic rings. The van der Waals surface area contributed by atoms with Gasteiger partial charge >= 0.3 is 0 Å². The summed E-state index contributed by atoms with van der Waals surface area (Å²) in [5, 5.41) is 5.42. The predicted molar refractivity (Wildman–Crippen MR) is 103 cm³/mol. The maximum absolute atomic E-state index is 12.0. The highest BCUT2D eigenvalue weighted by atomic mass is 32.2. The summed E-state index contributed by atoms with van der Waals surface area (Å²) in [5.41, 5.74) is 7.23. The van der Waals surface area contributed by atoms with Gasteiger partial charge in [-0.15, -0.1) is 0 Å². The Morgan fingerprint density at radius 1 is 0.720 bits per heavy atom. The molecule has 0 unspecified atom stereocenters. The van der Waals surface area contributed by atoms with Crippen molar-refractivity contribution >= 4 is 10.0 Å². The van der Waals surface area contributed by atoms with Gasteiger partial charge in [-0.25, -0.2) is 13.6 Å². The predicted octanol–water partition coefficient (Wildman–Crippen LogP) is 4.59. The van der Waals surface area contributed by atoms with E-state index in [1.807, 2.05) is 30.3 Å². The molecule has 3 aromatic rings. The van der Waals surface area contributed by atoms with Crippen molar-refractivity contribution in [2.75, 3.05) is 0 Å². The van der Waals surface area contributed by atoms with E-state index in [1.165, 1.54) is 16.7 Å². The SMILES string of the molecule is Cc1cc(-c2ccccc2-c2ccccc2S(N)(=O)=O)cc(C)c1C. The first-order chi connectivity index (χ1) is 11.8. The third kappa shape index (κ3) is 3.36. The Morgan fingerprint density at radius 2 is 1.20 bits per heavy atom. The first-order valence-electron chi connectivity index (χ1n) is 8.08. The lowest BCUT2D eigenvalue weighted by atomic mass is 9.91. The Balaban J connectivity index is 2.30. The van der Waals surface area contributed by atoms with Gasteiger partial charge in [0.1, 0.15) is 0 Å². The molecule has 2 N–H and O–H groups in total. The summed E-state index contributed by atoms with van der Waals surface area (Å²) in [6, 6.07) is 19.0. The summed E-state index contributed by atoms with van der Waals surface area (Å²) in [5.74, 6) is 0. The van der Waals surface area contributed by atoms with Crippen LogP contribution in [0.1, 0.15) is 16.7 Å². The molecule has 0 amide bonds. The molecule has 0 aliphatic heterocycles. The first-order valence-corrected chi connectivity index (χ1v) is 9.63. The second-order valence-electron chi connectivity index (χ2n) is 6.32. The monoisotopic (exact) mass is 351 g/mol. The molecule has 3 rings (SSSR count). The van der Waals surface area contributed by atoms with E-state index in [0.29, 0.717) is 5.56 Å². The second-order valence-corrected chi connectivity index (χ2v) is 7.85. The Bertz CT molecular complexity index is 1030. The topological polar surface area (TPSA) is 60.2 Å². The molecular formula is C21H21NO2S. The van der Waals surface area contributed by atoms with Crippen LogP contribution in [0.15, 0.2) is 65.6 Å². The Morgan fingerprint density at radius 3 is 1.76 bits per heavy atom. The summed E-state index contributed by atoms with van der Waals surface area (Å²) in [6.07, 6.45) is 0. The lowest BCUT2D eigenvalue weighted by Gasteiger charge is -2.15. The molecule has 0 spiro atoms. The van der Waals surface area contributed by atoms with Crippen molar-refractivity contribution in [3.05, 3.63) is 77.4 Å². The van der Waals surface area contributed by atoms with Crippen molar-refractivity contribution in [2.24, 2.45) is 5.14 Å². The van der Waals surface area contributed by atoms with Crippen LogP contribution in [0.2, 0.25) is 0 Å². The van der Waals surface area contributed by atoms with Gasteiger partial charge in [0, 0.05) is 5.56 Å². The number of aryl methyl sites for hydroxylation is 2. The molecule has 128 valence electrons. The van der Waals surface area contributed by atoms with E-state index in [-0.39, 0.29) is 4.90 Å². The maximum atomic E-state index is 12.0. The van der Waals surface area contributed by atoms with Gasteiger partial charge in [0.05, 0.1) is 4.90 Å². The third-order valence-corrected chi connectivity index (χ3v) is 5.62. The highest BCUT2D eigenvalue weighted by Crippen LogP contribution is 2.36. The van der Waals surface area contributed by atoms with E-state index >= 15 is 0 Å². The molecule has 0 saturated carbocycles. The maximum Gasteiger partial charge on any atom is 0.238 e. The van der Waals surface area contributed by atoms with Crippen LogP contribution in [0.25, 0.3) is 22.3 Å². The average molecular weight is 351 g/mol. The molecule has 0 aromatic heterocycles. The van der Waals surface area contributed by atoms with Crippen molar-refractivity contribution in [3.63, 3.8) is 0 Å². The normalized spacial score (nSPS) is 11.5. The number of primary sulfonamides is 1. The Hall–Kier alpha value is -2.43. The van der Waals surface area contributed by atoms with Crippen LogP contribution in [0, 0.1) is 20.8 Å². The first kappa shape index (κ1) is 17.4. The third-order valence-electron chi connectivity index (χ3n) is 4.65. The van der Waals surface area contributed by atoms with E-state index in [0.717, 1.165) is 16.7 Å². The Labute approximate surface area is 149 Å². The molecule has 3 nitrogen and oxygen atoms in total. The summed E-state index contributed by atoms with van der Waals surface area (Å²) in [4.78, 5) is 0.142. The van der Waals surface area contributed by atoms with E-state index in [2.05, 4.69) is 32.9 Å². The molecule has 3 aromatic carbocycles. The summed E-state index contributed by atoms with van der Waals surface area (Å²) < 4.78 is 24.0. The number of hydrogen-bond donors (Lipinski definition) is 1. The summed E-state index contributed by atoms with van der Waals surface area (Å²) in [7, 11) is -3.80. The zero-order chi connectivity index (χ0) is 18.2. The van der Waals surface area contributed by atoms with Crippen molar-refractivity contribution in [2.45, 2.75) is 25.7 Å². The van der Waals surface area contributed by atoms with Gasteiger partial charge in [0.15, 0.2) is 0 Å². The molecule has 0 radical (unpaired) electrons. The fourth-order valence-electron chi connectivity index (χ4n) is 3.10. The molecule has 0 fully saturated rings. The average Bonchev–Trinajstić information content (AvgIpc) is 2.58. The van der Waals surface area contributed by atoms with Crippen LogP contribution in [0.5, 0.6) is 0 Å². The quantitative estimate of drug-likeness (QED) is 0.750. The van der Waals surface area contributed by atoms with Crippen molar-refractivity contribution in [3.8, 4) is 22.3 Å². The second kappa shape index (κ2) is 6.47. The highest BCUT2D eigenvalue weighted by Gasteiger charge is 2.17. The fraction of sp³-hybridized carbons (Fsp3) is 0.143. The van der Waals surface area contributed by atoms with Gasteiger partial charge < -0.3 is 0 Å². The smallest absolute Gasteiger partial charge is 0.225 e. The molecule has 0 saturated heterocycles. The van der Waals surface area contributed by atoms with E-state index in [4.69, 9.17) is 5.14 Å². The minimum atomic E-state index is -3.80. The number of hydrogen-bond acceptors (Lipinski definition) is 2. The molecule has 0 heterocycles. The lowest BCUT2D eigenvalue weighted by molar-refractivity contribution is 0.598. The molecule has 0 atom stereocenters. The zero-order valence-corrected chi connectivity index (χ0v) is 15.4. The van der Waals surface area contributed by atoms with Gasteiger partial charge in [0.2, 0.25) is 10.0 Å². The van der Waals surface area contributed by atoms with E-state index in [1.54, 1.807) is 18.2 Å². The van der Waals surface area contributed by atoms with Crippen LogP contribution >= 0.6 is 0 Å². The van der Waals surface area contributed by atoms with Gasteiger partial charge in [-0.1, -0.05) is 54.6 Å². The van der Waals surface area contributed by atoms with E-state index in [9.17, 15) is 8.42 Å². The largest absolute Gasteiger partial charge is 0.238 e. The standard InChI is InChI=1S/C21H21NO2S/c1-14-12-17(13-15(2)16(14)3)18-8-4-5-9-19(18)20-10-6-7-11-21(20)25(22,23)24/h4-13H,1-3H3,(H2,22,23,24). The van der Waals surface area contributed by atoms with Crippen LogP contribution in [0.4, 0.5) is 0 Å². The number of rotatable bonds is 3. The van der Waals surface area contributed by atoms with Crippen LogP contribution < -0.4 is 5.14 Å². The fourth-order valence-corrected chi connectivity index (χ4v) is 3.85. The highest BCUT2D eigenvalue weighted by molar-refractivity contribution is 7.89. The summed E-state index contributed by atoms with van der Waals surface area (Å²) in [6.45, 7) is 6.29.